The van der Waals surface area contributed by atoms with E-state index in [0.29, 0.717) is 17.7 Å². The number of aryl methyl sites for hydroxylation is 1. The van der Waals surface area contributed by atoms with Crippen molar-refractivity contribution in [3.05, 3.63) is 93.4 Å². The van der Waals surface area contributed by atoms with Crippen LogP contribution >= 0.6 is 11.3 Å². The average Bonchev–Trinajstić information content (AvgIpc) is 3.16. The molecule has 172 valence electrons. The first-order valence-electron chi connectivity index (χ1n) is 10.7. The van der Waals surface area contributed by atoms with Crippen molar-refractivity contribution < 1.29 is 19.5 Å². The minimum Gasteiger partial charge on any atom is -0.480 e. The highest BCUT2D eigenvalue weighted by molar-refractivity contribution is 7.11. The quantitative estimate of drug-likeness (QED) is 0.356. The van der Waals surface area contributed by atoms with Gasteiger partial charge in [0.25, 0.3) is 5.91 Å². The number of aliphatic carboxylic acids is 1. The molecule has 0 bridgehead atoms. The van der Waals surface area contributed by atoms with Crippen molar-refractivity contribution in [2.75, 3.05) is 11.9 Å². The SMILES string of the molecule is Cc1nc(Cc2cccc3ccccc23)sc1CC(=O)Nc1ccc(C(=O)NCC(=O)O)cc1. The monoisotopic (exact) mass is 473 g/mol. The van der Waals surface area contributed by atoms with Gasteiger partial charge in [0.2, 0.25) is 5.91 Å². The van der Waals surface area contributed by atoms with Crippen LogP contribution in [0.1, 0.15) is 31.5 Å². The van der Waals surface area contributed by atoms with E-state index in [1.54, 1.807) is 23.5 Å². The number of benzene rings is 3. The molecule has 8 heteroatoms. The molecule has 0 saturated heterocycles. The van der Waals surface area contributed by atoms with Gasteiger partial charge in [-0.05, 0) is 47.5 Å². The van der Waals surface area contributed by atoms with Crippen molar-refractivity contribution in [3.8, 4) is 0 Å². The fraction of sp³-hybridized carbons (Fsp3) is 0.154. The van der Waals surface area contributed by atoms with Crippen molar-refractivity contribution >= 4 is 45.6 Å². The number of amides is 2. The van der Waals surface area contributed by atoms with Crippen LogP contribution in [0.5, 0.6) is 0 Å². The van der Waals surface area contributed by atoms with E-state index in [1.807, 2.05) is 25.1 Å². The van der Waals surface area contributed by atoms with Crippen molar-refractivity contribution in [1.29, 1.82) is 0 Å². The van der Waals surface area contributed by atoms with Gasteiger partial charge in [-0.25, -0.2) is 4.98 Å². The number of carboxylic acid groups (broad SMARTS) is 1. The molecule has 0 saturated carbocycles. The summed E-state index contributed by atoms with van der Waals surface area (Å²) in [6, 6.07) is 20.8. The Balaban J connectivity index is 1.38. The van der Waals surface area contributed by atoms with Gasteiger partial charge in [-0.2, -0.15) is 0 Å². The maximum atomic E-state index is 12.6. The fourth-order valence-electron chi connectivity index (χ4n) is 3.65. The minimum atomic E-state index is -1.11. The molecule has 0 aliphatic heterocycles. The van der Waals surface area contributed by atoms with Gasteiger partial charge >= 0.3 is 5.97 Å². The highest BCUT2D eigenvalue weighted by atomic mass is 32.1. The number of hydrogen-bond donors (Lipinski definition) is 3. The summed E-state index contributed by atoms with van der Waals surface area (Å²) in [6.45, 7) is 1.46. The third-order valence-electron chi connectivity index (χ3n) is 5.31. The fourth-order valence-corrected chi connectivity index (χ4v) is 4.74. The van der Waals surface area contributed by atoms with Crippen LogP contribution in [0.15, 0.2) is 66.7 Å². The van der Waals surface area contributed by atoms with E-state index in [-0.39, 0.29) is 12.3 Å². The van der Waals surface area contributed by atoms with Gasteiger partial charge in [0.15, 0.2) is 0 Å². The van der Waals surface area contributed by atoms with Gasteiger partial charge in [-0.1, -0.05) is 42.5 Å². The summed E-state index contributed by atoms with van der Waals surface area (Å²) in [7, 11) is 0. The summed E-state index contributed by atoms with van der Waals surface area (Å²) < 4.78 is 0. The summed E-state index contributed by atoms with van der Waals surface area (Å²) in [5.41, 5.74) is 2.92. The summed E-state index contributed by atoms with van der Waals surface area (Å²) in [6.07, 6.45) is 0.916. The lowest BCUT2D eigenvalue weighted by Crippen LogP contribution is -2.29. The van der Waals surface area contributed by atoms with E-state index in [9.17, 15) is 14.4 Å². The van der Waals surface area contributed by atoms with E-state index in [4.69, 9.17) is 5.11 Å². The zero-order chi connectivity index (χ0) is 24.1. The molecule has 2 amide bonds. The molecule has 0 aliphatic carbocycles. The number of rotatable bonds is 8. The molecule has 0 atom stereocenters. The van der Waals surface area contributed by atoms with Gasteiger partial charge in [0.1, 0.15) is 6.54 Å². The Kier molecular flexibility index (Phi) is 6.98. The molecule has 1 aromatic heterocycles. The lowest BCUT2D eigenvalue weighted by molar-refractivity contribution is -0.135. The van der Waals surface area contributed by atoms with Crippen molar-refractivity contribution in [1.82, 2.24) is 10.3 Å². The molecule has 0 radical (unpaired) electrons. The van der Waals surface area contributed by atoms with Crippen LogP contribution in [0.25, 0.3) is 10.8 Å². The van der Waals surface area contributed by atoms with Crippen LogP contribution in [0, 0.1) is 6.92 Å². The number of carbonyl (C=O) groups excluding carboxylic acids is 2. The number of nitrogens with one attached hydrogen (secondary N) is 2. The van der Waals surface area contributed by atoms with E-state index >= 15 is 0 Å². The molecule has 4 rings (SSSR count). The third kappa shape index (κ3) is 5.65. The Labute approximate surface area is 200 Å². The lowest BCUT2D eigenvalue weighted by atomic mass is 10.0. The number of carboxylic acids is 1. The summed E-state index contributed by atoms with van der Waals surface area (Å²) in [5, 5.41) is 17.1. The van der Waals surface area contributed by atoms with Crippen LogP contribution < -0.4 is 10.6 Å². The lowest BCUT2D eigenvalue weighted by Gasteiger charge is -2.06. The van der Waals surface area contributed by atoms with E-state index in [1.165, 1.54) is 28.5 Å². The van der Waals surface area contributed by atoms with Gasteiger partial charge < -0.3 is 15.7 Å². The van der Waals surface area contributed by atoms with Crippen LogP contribution in [-0.4, -0.2) is 34.4 Å². The van der Waals surface area contributed by atoms with Crippen LogP contribution in [0.2, 0.25) is 0 Å². The topological polar surface area (TPSA) is 108 Å². The average molecular weight is 474 g/mol. The predicted molar refractivity (Wildman–Crippen MR) is 132 cm³/mol. The Morgan fingerprint density at radius 2 is 1.71 bits per heavy atom. The Morgan fingerprint density at radius 1 is 0.971 bits per heavy atom. The molecule has 0 aliphatic rings. The number of thiazole rings is 1. The third-order valence-corrected chi connectivity index (χ3v) is 6.47. The second-order valence-corrected chi connectivity index (χ2v) is 8.98. The Bertz CT molecular complexity index is 1360. The molecule has 3 aromatic carbocycles. The van der Waals surface area contributed by atoms with Crippen molar-refractivity contribution in [3.63, 3.8) is 0 Å². The molecular weight excluding hydrogens is 450 g/mol. The number of hydrogen-bond acceptors (Lipinski definition) is 5. The maximum absolute atomic E-state index is 12.6. The van der Waals surface area contributed by atoms with Crippen LogP contribution in [-0.2, 0) is 22.4 Å². The van der Waals surface area contributed by atoms with Gasteiger partial charge in [0, 0.05) is 22.5 Å². The van der Waals surface area contributed by atoms with E-state index in [2.05, 4.69) is 39.9 Å². The first kappa shape index (κ1) is 23.1. The molecule has 34 heavy (non-hydrogen) atoms. The molecule has 0 fully saturated rings. The second-order valence-electron chi connectivity index (χ2n) is 7.81. The van der Waals surface area contributed by atoms with E-state index in [0.717, 1.165) is 15.6 Å². The number of anilines is 1. The van der Waals surface area contributed by atoms with Gasteiger partial charge in [0.05, 0.1) is 17.1 Å². The largest absolute Gasteiger partial charge is 0.480 e. The first-order valence-corrected chi connectivity index (χ1v) is 11.5. The standard InChI is InChI=1S/C26H23N3O4S/c1-16-22(34-24(28-16)13-19-7-4-6-17-5-2-3-8-21(17)19)14-23(30)29-20-11-9-18(10-12-20)26(33)27-15-25(31)32/h2-12H,13-15H2,1H3,(H,27,33)(H,29,30)(H,31,32). The van der Waals surface area contributed by atoms with Gasteiger partial charge in [-0.15, -0.1) is 11.3 Å². The van der Waals surface area contributed by atoms with Gasteiger partial charge in [-0.3, -0.25) is 14.4 Å². The molecule has 1 heterocycles. The number of fused-ring (bicyclic) bond motifs is 1. The molecule has 7 nitrogen and oxygen atoms in total. The summed E-state index contributed by atoms with van der Waals surface area (Å²) in [4.78, 5) is 40.7. The second kappa shape index (κ2) is 10.3. The Morgan fingerprint density at radius 3 is 2.47 bits per heavy atom. The highest BCUT2D eigenvalue weighted by Gasteiger charge is 2.14. The number of carbonyl (C=O) groups is 3. The Hall–Kier alpha value is -4.04. The predicted octanol–water partition coefficient (Wildman–Crippen LogP) is 4.19. The molecule has 0 spiro atoms. The first-order chi connectivity index (χ1) is 16.4. The minimum absolute atomic E-state index is 0.175. The smallest absolute Gasteiger partial charge is 0.322 e. The summed E-state index contributed by atoms with van der Waals surface area (Å²) >= 11 is 1.54. The zero-order valence-electron chi connectivity index (χ0n) is 18.5. The summed E-state index contributed by atoms with van der Waals surface area (Å²) in [5.74, 6) is -1.78. The maximum Gasteiger partial charge on any atom is 0.322 e. The highest BCUT2D eigenvalue weighted by Crippen LogP contribution is 2.25. The zero-order valence-corrected chi connectivity index (χ0v) is 19.3. The van der Waals surface area contributed by atoms with Crippen LogP contribution in [0.3, 0.4) is 0 Å². The normalized spacial score (nSPS) is 10.7. The van der Waals surface area contributed by atoms with Crippen molar-refractivity contribution in [2.24, 2.45) is 0 Å². The molecule has 4 aromatic rings. The molecule has 3 N–H and O–H groups in total. The van der Waals surface area contributed by atoms with E-state index < -0.39 is 18.4 Å². The molecular formula is C26H23N3O4S. The molecule has 0 unspecified atom stereocenters. The number of nitrogens with zero attached hydrogens (tertiary/aromatic N) is 1. The van der Waals surface area contributed by atoms with Crippen LogP contribution in [0.4, 0.5) is 5.69 Å². The van der Waals surface area contributed by atoms with Crippen molar-refractivity contribution in [2.45, 2.75) is 19.8 Å². The number of aromatic nitrogens is 1.